The van der Waals surface area contributed by atoms with Crippen LogP contribution >= 0.6 is 0 Å². The van der Waals surface area contributed by atoms with Crippen molar-refractivity contribution in [1.82, 2.24) is 0 Å². The van der Waals surface area contributed by atoms with Crippen molar-refractivity contribution in [3.63, 3.8) is 0 Å². The fourth-order valence-corrected chi connectivity index (χ4v) is 3.37. The molecule has 0 fully saturated rings. The van der Waals surface area contributed by atoms with E-state index in [1.807, 2.05) is 0 Å². The molecular weight excluding hydrogens is 379 g/mol. The predicted octanol–water partition coefficient (Wildman–Crippen LogP) is 3.17. The van der Waals surface area contributed by atoms with Crippen LogP contribution in [-0.2, 0) is 9.84 Å². The molecule has 0 atom stereocenters. The minimum atomic E-state index is -4.49. The first-order valence-corrected chi connectivity index (χ1v) is 9.06. The van der Waals surface area contributed by atoms with E-state index in [0.717, 1.165) is 18.2 Å². The summed E-state index contributed by atoms with van der Waals surface area (Å²) in [6.07, 6.45) is 0.789. The molecule has 0 aromatic heterocycles. The Morgan fingerprint density at radius 1 is 0.926 bits per heavy atom. The maximum atomic E-state index is 14.6. The van der Waals surface area contributed by atoms with Gasteiger partial charge in [0.25, 0.3) is 0 Å². The maximum Gasteiger partial charge on any atom is 0.233 e. The summed E-state index contributed by atoms with van der Waals surface area (Å²) in [6, 6.07) is 6.25. The second-order valence-corrected chi connectivity index (χ2v) is 7.11. The Hall–Kier alpha value is -2.94. The van der Waals surface area contributed by atoms with Gasteiger partial charge in [0, 0.05) is 12.1 Å². The summed E-state index contributed by atoms with van der Waals surface area (Å²) >= 11 is 0. The van der Waals surface area contributed by atoms with Crippen LogP contribution in [0.4, 0.5) is 4.39 Å². The molecule has 146 valence electrons. The normalized spacial score (nSPS) is 11.8. The quantitative estimate of drug-likeness (QED) is 0.766. The molecule has 2 aromatic carbocycles. The Morgan fingerprint density at radius 3 is 1.93 bits per heavy atom. The zero-order chi connectivity index (χ0) is 20.2. The van der Waals surface area contributed by atoms with E-state index in [9.17, 15) is 17.9 Å². The lowest BCUT2D eigenvalue weighted by Gasteiger charge is -2.14. The molecule has 2 rings (SSSR count). The van der Waals surface area contributed by atoms with E-state index >= 15 is 0 Å². The van der Waals surface area contributed by atoms with Gasteiger partial charge in [0.2, 0.25) is 20.7 Å². The van der Waals surface area contributed by atoms with Crippen LogP contribution in [0.3, 0.4) is 0 Å². The summed E-state index contributed by atoms with van der Waals surface area (Å²) in [5.74, 6) is 0.267. The number of sulfone groups is 1. The molecule has 0 bridgehead atoms. The van der Waals surface area contributed by atoms with Crippen molar-refractivity contribution in [3.05, 3.63) is 41.1 Å². The second kappa shape index (κ2) is 8.17. The van der Waals surface area contributed by atoms with Crippen molar-refractivity contribution in [2.24, 2.45) is 0 Å². The third kappa shape index (κ3) is 4.08. The van der Waals surface area contributed by atoms with E-state index in [4.69, 9.17) is 18.9 Å². The third-order valence-electron chi connectivity index (χ3n) is 3.69. The Bertz CT molecular complexity index is 943. The molecule has 7 nitrogen and oxygen atoms in total. The Labute approximate surface area is 156 Å². The molecule has 0 radical (unpaired) electrons. The molecule has 27 heavy (non-hydrogen) atoms. The van der Waals surface area contributed by atoms with Crippen LogP contribution in [0, 0.1) is 0 Å². The van der Waals surface area contributed by atoms with E-state index in [-0.39, 0.29) is 39.2 Å². The van der Waals surface area contributed by atoms with Crippen molar-refractivity contribution in [2.45, 2.75) is 4.90 Å². The van der Waals surface area contributed by atoms with Crippen molar-refractivity contribution in [2.75, 3.05) is 28.4 Å². The largest absolute Gasteiger partial charge is 0.504 e. The summed E-state index contributed by atoms with van der Waals surface area (Å²) in [7, 11) is 0.876. The number of halogens is 1. The molecule has 1 N–H and O–H groups in total. The van der Waals surface area contributed by atoms with Crippen LogP contribution in [0.15, 0.2) is 40.4 Å². The molecule has 0 aliphatic rings. The summed E-state index contributed by atoms with van der Waals surface area (Å²) in [5.41, 5.74) is 0.141. The minimum Gasteiger partial charge on any atom is -0.504 e. The van der Waals surface area contributed by atoms with Gasteiger partial charge in [0.05, 0.1) is 33.3 Å². The van der Waals surface area contributed by atoms with Crippen LogP contribution in [0.2, 0.25) is 0 Å². The Balaban J connectivity index is 2.52. The highest BCUT2D eigenvalue weighted by atomic mass is 32.2. The Kier molecular flexibility index (Phi) is 6.17. The molecule has 0 unspecified atom stereocenters. The number of rotatable bonds is 7. The Morgan fingerprint density at radius 2 is 1.48 bits per heavy atom. The van der Waals surface area contributed by atoms with Crippen molar-refractivity contribution < 1.29 is 36.9 Å². The molecular formula is C18H19FO7S. The first kappa shape index (κ1) is 20.4. The molecule has 0 heterocycles. The smallest absolute Gasteiger partial charge is 0.233 e. The lowest BCUT2D eigenvalue weighted by molar-refractivity contribution is 0.323. The van der Waals surface area contributed by atoms with Gasteiger partial charge in [-0.05, 0) is 23.8 Å². The summed E-state index contributed by atoms with van der Waals surface area (Å²) in [4.78, 5) is -0.372. The first-order valence-electron chi connectivity index (χ1n) is 7.57. The van der Waals surface area contributed by atoms with Gasteiger partial charge in [-0.2, -0.15) is 4.39 Å². The number of methoxy groups -OCH3 is 4. The topological polar surface area (TPSA) is 91.3 Å². The van der Waals surface area contributed by atoms with Crippen LogP contribution in [0.25, 0.3) is 6.08 Å². The number of hydrogen-bond acceptors (Lipinski definition) is 7. The van der Waals surface area contributed by atoms with Gasteiger partial charge in [-0.15, -0.1) is 0 Å². The van der Waals surface area contributed by atoms with Crippen LogP contribution in [0.5, 0.6) is 28.7 Å². The summed E-state index contributed by atoms with van der Waals surface area (Å²) < 4.78 is 60.0. The van der Waals surface area contributed by atoms with Gasteiger partial charge < -0.3 is 24.1 Å². The highest BCUT2D eigenvalue weighted by Gasteiger charge is 2.25. The van der Waals surface area contributed by atoms with Gasteiger partial charge in [-0.25, -0.2) is 8.42 Å². The fourth-order valence-electron chi connectivity index (χ4n) is 2.33. The average molecular weight is 398 g/mol. The van der Waals surface area contributed by atoms with Gasteiger partial charge in [-0.1, -0.05) is 6.07 Å². The van der Waals surface area contributed by atoms with Gasteiger partial charge in [-0.3, -0.25) is 0 Å². The molecule has 0 saturated heterocycles. The molecule has 0 aliphatic carbocycles. The molecule has 0 aliphatic heterocycles. The van der Waals surface area contributed by atoms with E-state index < -0.39 is 15.0 Å². The number of phenolic OH excluding ortho intramolecular Hbond substituents is 1. The molecule has 9 heteroatoms. The monoisotopic (exact) mass is 398 g/mol. The van der Waals surface area contributed by atoms with E-state index in [1.165, 1.54) is 46.6 Å². The predicted molar refractivity (Wildman–Crippen MR) is 97.0 cm³/mol. The number of phenols is 1. The van der Waals surface area contributed by atoms with E-state index in [0.29, 0.717) is 0 Å². The van der Waals surface area contributed by atoms with Crippen molar-refractivity contribution in [1.29, 1.82) is 0 Å². The SMILES string of the molecule is COc1ccc(/C=C(\F)S(=O)(=O)c2cc(OC)c(OC)c(OC)c2)cc1O. The zero-order valence-corrected chi connectivity index (χ0v) is 16.0. The second-order valence-electron chi connectivity index (χ2n) is 5.24. The summed E-state index contributed by atoms with van der Waals surface area (Å²) in [6.45, 7) is 0. The van der Waals surface area contributed by atoms with Crippen LogP contribution < -0.4 is 18.9 Å². The number of benzene rings is 2. The fraction of sp³-hybridized carbons (Fsp3) is 0.222. The van der Waals surface area contributed by atoms with Gasteiger partial charge in [0.1, 0.15) is 0 Å². The van der Waals surface area contributed by atoms with Crippen LogP contribution in [0.1, 0.15) is 5.56 Å². The zero-order valence-electron chi connectivity index (χ0n) is 15.1. The molecule has 0 amide bonds. The number of hydrogen-bond donors (Lipinski definition) is 1. The highest BCUT2D eigenvalue weighted by Crippen LogP contribution is 2.41. The summed E-state index contributed by atoms with van der Waals surface area (Å²) in [5, 5.41) is 8.33. The van der Waals surface area contributed by atoms with E-state index in [2.05, 4.69) is 0 Å². The van der Waals surface area contributed by atoms with Crippen molar-refractivity contribution >= 4 is 15.9 Å². The minimum absolute atomic E-state index is 0.0744. The number of aromatic hydroxyl groups is 1. The highest BCUT2D eigenvalue weighted by molar-refractivity contribution is 7.95. The molecule has 0 saturated carbocycles. The average Bonchev–Trinajstić information content (AvgIpc) is 2.66. The third-order valence-corrected chi connectivity index (χ3v) is 5.18. The first-order chi connectivity index (χ1) is 12.8. The lowest BCUT2D eigenvalue weighted by Crippen LogP contribution is -2.04. The maximum absolute atomic E-state index is 14.6. The number of ether oxygens (including phenoxy) is 4. The molecule has 0 spiro atoms. The van der Waals surface area contributed by atoms with Gasteiger partial charge >= 0.3 is 0 Å². The molecule has 2 aromatic rings. The van der Waals surface area contributed by atoms with E-state index in [1.54, 1.807) is 0 Å². The van der Waals surface area contributed by atoms with Crippen molar-refractivity contribution in [3.8, 4) is 28.7 Å². The lowest BCUT2D eigenvalue weighted by atomic mass is 10.2. The van der Waals surface area contributed by atoms with Gasteiger partial charge in [0.15, 0.2) is 23.0 Å². The van der Waals surface area contributed by atoms with Crippen LogP contribution in [-0.4, -0.2) is 42.0 Å². The standard InChI is InChI=1S/C18H19FO7S/c1-23-14-6-5-11(7-13(14)20)8-17(19)27(21,22)12-9-15(24-2)18(26-4)16(10-12)25-3/h5-10,20H,1-4H3/b17-8+.